The first-order valence-corrected chi connectivity index (χ1v) is 9.10. The van der Waals surface area contributed by atoms with Crippen molar-refractivity contribution in [3.63, 3.8) is 0 Å². The van der Waals surface area contributed by atoms with Crippen LogP contribution in [0.15, 0.2) is 18.3 Å². The first-order valence-electron chi connectivity index (χ1n) is 7.50. The van der Waals surface area contributed by atoms with Gasteiger partial charge in [0, 0.05) is 18.3 Å². The lowest BCUT2D eigenvalue weighted by atomic mass is 10.0. The molecule has 126 valence electrons. The van der Waals surface area contributed by atoms with E-state index in [-0.39, 0.29) is 17.5 Å². The Morgan fingerprint density at radius 2 is 2.00 bits per heavy atom. The third-order valence-corrected chi connectivity index (χ3v) is 5.70. The van der Waals surface area contributed by atoms with Gasteiger partial charge in [0.05, 0.1) is 5.75 Å². The summed E-state index contributed by atoms with van der Waals surface area (Å²) in [6.45, 7) is 5.41. The minimum atomic E-state index is -3.38. The van der Waals surface area contributed by atoms with Gasteiger partial charge in [0.2, 0.25) is 15.9 Å². The summed E-state index contributed by atoms with van der Waals surface area (Å²) in [7, 11) is -3.38. The third kappa shape index (κ3) is 3.94. The van der Waals surface area contributed by atoms with Crippen LogP contribution < -0.4 is 5.32 Å². The minimum absolute atomic E-state index is 0.0784. The number of rotatable bonds is 5. The molecule has 23 heavy (non-hydrogen) atoms. The van der Waals surface area contributed by atoms with Gasteiger partial charge in [-0.25, -0.2) is 13.4 Å². The van der Waals surface area contributed by atoms with E-state index in [1.165, 1.54) is 23.5 Å². The van der Waals surface area contributed by atoms with Crippen LogP contribution in [0.25, 0.3) is 0 Å². The number of sulfonamides is 1. The molecule has 0 bridgehead atoms. The molecule has 0 spiro atoms. The lowest BCUT2D eigenvalue weighted by Crippen LogP contribution is -2.48. The molecule has 1 aromatic rings. The van der Waals surface area contributed by atoms with E-state index in [1.807, 2.05) is 13.8 Å². The Morgan fingerprint density at radius 3 is 2.43 bits per heavy atom. The Bertz CT molecular complexity index is 698. The summed E-state index contributed by atoms with van der Waals surface area (Å²) in [5.41, 5.74) is 0.450. The van der Waals surface area contributed by atoms with Crippen molar-refractivity contribution in [3.05, 3.63) is 23.9 Å². The van der Waals surface area contributed by atoms with E-state index in [4.69, 9.17) is 0 Å². The number of hydrogen-bond donors (Lipinski definition) is 1. The van der Waals surface area contributed by atoms with E-state index >= 15 is 0 Å². The fourth-order valence-corrected chi connectivity index (χ4v) is 4.43. The maximum absolute atomic E-state index is 12.5. The number of nitrogens with zero attached hydrogens (tertiary/aromatic N) is 2. The molecule has 1 saturated heterocycles. The molecular weight excluding hydrogens is 318 g/mol. The van der Waals surface area contributed by atoms with Gasteiger partial charge in [-0.15, -0.1) is 0 Å². The quantitative estimate of drug-likeness (QED) is 0.815. The van der Waals surface area contributed by atoms with Crippen LogP contribution in [0.3, 0.4) is 0 Å². The monoisotopic (exact) mass is 339 g/mol. The van der Waals surface area contributed by atoms with Crippen LogP contribution in [0.2, 0.25) is 0 Å². The standard InChI is InChI=1S/C15H21N3O4S/c1-10(2)14(18-7-4-8-23(18,21)22)15(20)17-13-6-5-12(9-16-13)11(3)19/h5-6,9-10,14H,4,7-8H2,1-3H3,(H,16,17,20). The highest BCUT2D eigenvalue weighted by Gasteiger charge is 2.39. The SMILES string of the molecule is CC(=O)c1ccc(NC(=O)C(C(C)C)N2CCCS2(=O)=O)nc1. The van der Waals surface area contributed by atoms with Gasteiger partial charge in [0.15, 0.2) is 5.78 Å². The maximum atomic E-state index is 12.5. The smallest absolute Gasteiger partial charge is 0.244 e. The first kappa shape index (κ1) is 17.6. The van der Waals surface area contributed by atoms with Gasteiger partial charge in [-0.3, -0.25) is 9.59 Å². The average Bonchev–Trinajstić information content (AvgIpc) is 2.79. The van der Waals surface area contributed by atoms with E-state index in [9.17, 15) is 18.0 Å². The van der Waals surface area contributed by atoms with Crippen LogP contribution in [0.4, 0.5) is 5.82 Å². The molecule has 0 aliphatic carbocycles. The average molecular weight is 339 g/mol. The number of Topliss-reactive ketones (excluding diaryl/α,β-unsaturated/α-hetero) is 1. The zero-order valence-corrected chi connectivity index (χ0v) is 14.3. The molecule has 2 heterocycles. The fourth-order valence-electron chi connectivity index (χ4n) is 2.61. The van der Waals surface area contributed by atoms with Crippen molar-refractivity contribution in [3.8, 4) is 0 Å². The van der Waals surface area contributed by atoms with Gasteiger partial charge in [-0.05, 0) is 31.4 Å². The summed E-state index contributed by atoms with van der Waals surface area (Å²) in [5, 5.41) is 2.64. The molecule has 1 atom stereocenters. The molecule has 0 aromatic carbocycles. The predicted octanol–water partition coefficient (Wildman–Crippen LogP) is 1.28. The highest BCUT2D eigenvalue weighted by molar-refractivity contribution is 7.89. The molecule has 1 unspecified atom stereocenters. The molecule has 1 N–H and O–H groups in total. The second-order valence-corrected chi connectivity index (χ2v) is 7.99. The van der Waals surface area contributed by atoms with Crippen molar-refractivity contribution in [1.82, 2.24) is 9.29 Å². The Hall–Kier alpha value is -1.80. The summed E-state index contributed by atoms with van der Waals surface area (Å²) < 4.78 is 25.4. The number of aromatic nitrogens is 1. The normalized spacial score (nSPS) is 18.8. The van der Waals surface area contributed by atoms with Crippen molar-refractivity contribution in [2.24, 2.45) is 5.92 Å². The second kappa shape index (κ2) is 6.76. The molecular formula is C15H21N3O4S. The topological polar surface area (TPSA) is 96.4 Å². The number of pyridine rings is 1. The number of nitrogens with one attached hydrogen (secondary N) is 1. The van der Waals surface area contributed by atoms with Gasteiger partial charge < -0.3 is 5.32 Å². The van der Waals surface area contributed by atoms with Crippen molar-refractivity contribution >= 4 is 27.5 Å². The molecule has 0 saturated carbocycles. The maximum Gasteiger partial charge on any atom is 0.244 e. The van der Waals surface area contributed by atoms with Crippen LogP contribution in [-0.4, -0.2) is 47.7 Å². The zero-order valence-electron chi connectivity index (χ0n) is 13.4. The van der Waals surface area contributed by atoms with Crippen molar-refractivity contribution < 1.29 is 18.0 Å². The highest BCUT2D eigenvalue weighted by atomic mass is 32.2. The number of amides is 1. The molecule has 1 aromatic heterocycles. The molecule has 1 amide bonds. The van der Waals surface area contributed by atoms with Crippen LogP contribution in [-0.2, 0) is 14.8 Å². The van der Waals surface area contributed by atoms with Crippen LogP contribution >= 0.6 is 0 Å². The Morgan fingerprint density at radius 1 is 1.30 bits per heavy atom. The zero-order chi connectivity index (χ0) is 17.2. The number of hydrogen-bond acceptors (Lipinski definition) is 5. The Labute approximate surface area is 136 Å². The molecule has 2 rings (SSSR count). The molecule has 1 aliphatic rings. The lowest BCUT2D eigenvalue weighted by Gasteiger charge is -2.28. The predicted molar refractivity (Wildman–Crippen MR) is 86.6 cm³/mol. The number of carbonyl (C=O) groups is 2. The molecule has 0 radical (unpaired) electrons. The molecule has 8 heteroatoms. The summed E-state index contributed by atoms with van der Waals surface area (Å²) in [4.78, 5) is 27.8. The third-order valence-electron chi connectivity index (χ3n) is 3.77. The van der Waals surface area contributed by atoms with E-state index in [0.29, 0.717) is 24.3 Å². The molecule has 1 aliphatic heterocycles. The lowest BCUT2D eigenvalue weighted by molar-refractivity contribution is -0.120. The van der Waals surface area contributed by atoms with Gasteiger partial charge in [-0.2, -0.15) is 4.31 Å². The van der Waals surface area contributed by atoms with Crippen LogP contribution in [0.1, 0.15) is 37.6 Å². The van der Waals surface area contributed by atoms with E-state index < -0.39 is 22.0 Å². The van der Waals surface area contributed by atoms with Crippen LogP contribution in [0, 0.1) is 5.92 Å². The Balaban J connectivity index is 2.17. The fraction of sp³-hybridized carbons (Fsp3) is 0.533. The van der Waals surface area contributed by atoms with Gasteiger partial charge in [0.1, 0.15) is 11.9 Å². The van der Waals surface area contributed by atoms with E-state index in [2.05, 4.69) is 10.3 Å². The van der Waals surface area contributed by atoms with E-state index in [1.54, 1.807) is 6.07 Å². The summed E-state index contributed by atoms with van der Waals surface area (Å²) in [5.74, 6) is -0.316. The largest absolute Gasteiger partial charge is 0.309 e. The van der Waals surface area contributed by atoms with Crippen molar-refractivity contribution in [2.45, 2.75) is 33.2 Å². The Kier molecular flexibility index (Phi) is 5.16. The van der Waals surface area contributed by atoms with Gasteiger partial charge >= 0.3 is 0 Å². The summed E-state index contributed by atoms with van der Waals surface area (Å²) in [6.07, 6.45) is 1.92. The summed E-state index contributed by atoms with van der Waals surface area (Å²) >= 11 is 0. The summed E-state index contributed by atoms with van der Waals surface area (Å²) in [6, 6.07) is 2.34. The highest BCUT2D eigenvalue weighted by Crippen LogP contribution is 2.23. The van der Waals surface area contributed by atoms with Gasteiger partial charge in [0.25, 0.3) is 0 Å². The number of ketones is 1. The minimum Gasteiger partial charge on any atom is -0.309 e. The van der Waals surface area contributed by atoms with Crippen molar-refractivity contribution in [1.29, 1.82) is 0 Å². The van der Waals surface area contributed by atoms with E-state index in [0.717, 1.165) is 0 Å². The van der Waals surface area contributed by atoms with Gasteiger partial charge in [-0.1, -0.05) is 13.8 Å². The second-order valence-electron chi connectivity index (χ2n) is 5.95. The van der Waals surface area contributed by atoms with Crippen LogP contribution in [0.5, 0.6) is 0 Å². The number of anilines is 1. The molecule has 7 nitrogen and oxygen atoms in total. The first-order chi connectivity index (χ1) is 10.7. The molecule has 1 fully saturated rings. The van der Waals surface area contributed by atoms with Crippen molar-refractivity contribution in [2.75, 3.05) is 17.6 Å². The number of carbonyl (C=O) groups excluding carboxylic acids is 2.